The summed E-state index contributed by atoms with van der Waals surface area (Å²) in [5.41, 5.74) is 1.09. The van der Waals surface area contributed by atoms with Gasteiger partial charge in [0.2, 0.25) is 5.91 Å². The van der Waals surface area contributed by atoms with Crippen molar-refractivity contribution < 1.29 is 9.53 Å². The number of hydrogen-bond acceptors (Lipinski definition) is 3. The number of carbonyl (C=O) groups is 1. The molecule has 0 spiro atoms. The van der Waals surface area contributed by atoms with Crippen LogP contribution in [0.25, 0.3) is 11.0 Å². The molecule has 1 aromatic heterocycles. The van der Waals surface area contributed by atoms with Gasteiger partial charge in [0.15, 0.2) is 0 Å². The van der Waals surface area contributed by atoms with Crippen molar-refractivity contribution in [3.63, 3.8) is 0 Å². The van der Waals surface area contributed by atoms with Gasteiger partial charge >= 0.3 is 5.69 Å². The molecule has 2 heterocycles. The summed E-state index contributed by atoms with van der Waals surface area (Å²) in [5.74, 6) is -0.0494. The molecule has 6 nitrogen and oxygen atoms in total. The number of carbonyl (C=O) groups excluding carboxylic acids is 1. The van der Waals surface area contributed by atoms with Gasteiger partial charge in [-0.25, -0.2) is 4.79 Å². The number of imidazole rings is 1. The average molecular weight is 317 g/mol. The maximum atomic E-state index is 12.7. The highest BCUT2D eigenvalue weighted by Gasteiger charge is 2.33. The number of benzene rings is 1. The van der Waals surface area contributed by atoms with E-state index in [-0.39, 0.29) is 29.8 Å². The molecule has 3 rings (SSSR count). The van der Waals surface area contributed by atoms with Crippen LogP contribution in [0.2, 0.25) is 0 Å². The number of morpholine rings is 1. The van der Waals surface area contributed by atoms with Gasteiger partial charge in [-0.1, -0.05) is 12.1 Å². The predicted octanol–water partition coefficient (Wildman–Crippen LogP) is 1.37. The van der Waals surface area contributed by atoms with Crippen molar-refractivity contribution in [2.45, 2.75) is 39.0 Å². The van der Waals surface area contributed by atoms with Crippen LogP contribution in [0.1, 0.15) is 20.8 Å². The fraction of sp³-hybridized carbons (Fsp3) is 0.529. The van der Waals surface area contributed by atoms with Crippen molar-refractivity contribution in [2.24, 2.45) is 7.05 Å². The molecule has 6 heteroatoms. The Balaban J connectivity index is 1.89. The first kappa shape index (κ1) is 15.8. The SMILES string of the molecule is CC1CN(C(=O)Cn2c(=O)n(C)c3ccccc32)CC(C)(C)O1. The maximum absolute atomic E-state index is 12.7. The van der Waals surface area contributed by atoms with Crippen LogP contribution < -0.4 is 5.69 Å². The second-order valence-electron chi connectivity index (χ2n) is 6.88. The summed E-state index contributed by atoms with van der Waals surface area (Å²) in [7, 11) is 1.73. The van der Waals surface area contributed by atoms with Gasteiger partial charge in [0.05, 0.1) is 22.7 Å². The molecule has 0 saturated carbocycles. The molecule has 1 amide bonds. The van der Waals surface area contributed by atoms with Crippen molar-refractivity contribution in [1.82, 2.24) is 14.0 Å². The topological polar surface area (TPSA) is 56.5 Å². The largest absolute Gasteiger partial charge is 0.369 e. The lowest BCUT2D eigenvalue weighted by atomic mass is 10.1. The normalized spacial score (nSPS) is 20.9. The van der Waals surface area contributed by atoms with Crippen LogP contribution in [0, 0.1) is 0 Å². The van der Waals surface area contributed by atoms with Gasteiger partial charge in [0.25, 0.3) is 0 Å². The number of ether oxygens (including phenoxy) is 1. The van der Waals surface area contributed by atoms with E-state index >= 15 is 0 Å². The summed E-state index contributed by atoms with van der Waals surface area (Å²) >= 11 is 0. The van der Waals surface area contributed by atoms with Crippen LogP contribution >= 0.6 is 0 Å². The minimum atomic E-state index is -0.364. The van der Waals surface area contributed by atoms with Crippen molar-refractivity contribution in [1.29, 1.82) is 0 Å². The van der Waals surface area contributed by atoms with Crippen LogP contribution in [0.4, 0.5) is 0 Å². The van der Waals surface area contributed by atoms with E-state index in [9.17, 15) is 9.59 Å². The first-order valence-electron chi connectivity index (χ1n) is 7.88. The Hall–Kier alpha value is -2.08. The van der Waals surface area contributed by atoms with Gasteiger partial charge in [0.1, 0.15) is 6.54 Å². The van der Waals surface area contributed by atoms with E-state index in [0.29, 0.717) is 13.1 Å². The Morgan fingerprint density at radius 1 is 1.30 bits per heavy atom. The molecule has 1 atom stereocenters. The Bertz CT molecular complexity index is 803. The first-order valence-corrected chi connectivity index (χ1v) is 7.88. The van der Waals surface area contributed by atoms with E-state index < -0.39 is 0 Å². The summed E-state index contributed by atoms with van der Waals surface area (Å²) in [6.07, 6.45) is -0.00746. The van der Waals surface area contributed by atoms with Crippen molar-refractivity contribution in [3.8, 4) is 0 Å². The Morgan fingerprint density at radius 2 is 1.96 bits per heavy atom. The van der Waals surface area contributed by atoms with Crippen molar-refractivity contribution in [3.05, 3.63) is 34.7 Å². The zero-order valence-electron chi connectivity index (χ0n) is 14.1. The summed E-state index contributed by atoms with van der Waals surface area (Å²) in [4.78, 5) is 26.9. The second-order valence-corrected chi connectivity index (χ2v) is 6.88. The number of para-hydroxylation sites is 2. The van der Waals surface area contributed by atoms with Gasteiger partial charge in [-0.2, -0.15) is 0 Å². The molecule has 0 N–H and O–H groups in total. The standard InChI is InChI=1S/C17H23N3O3/c1-12-9-19(11-17(2,3)23-12)15(21)10-20-14-8-6-5-7-13(14)18(4)16(20)22/h5-8,12H,9-11H2,1-4H3. The van der Waals surface area contributed by atoms with Crippen molar-refractivity contribution >= 4 is 16.9 Å². The van der Waals surface area contributed by atoms with Crippen LogP contribution in [-0.2, 0) is 23.1 Å². The minimum absolute atomic E-state index is 0.00746. The molecule has 1 aliphatic rings. The molecular formula is C17H23N3O3. The third-order valence-electron chi connectivity index (χ3n) is 4.27. The van der Waals surface area contributed by atoms with E-state index in [1.165, 1.54) is 0 Å². The third kappa shape index (κ3) is 2.91. The molecule has 2 aromatic rings. The van der Waals surface area contributed by atoms with Crippen LogP contribution in [0.5, 0.6) is 0 Å². The first-order chi connectivity index (χ1) is 10.8. The lowest BCUT2D eigenvalue weighted by molar-refractivity contribution is -0.158. The average Bonchev–Trinajstić information content (AvgIpc) is 2.71. The number of hydrogen-bond donors (Lipinski definition) is 0. The zero-order valence-corrected chi connectivity index (χ0v) is 14.1. The van der Waals surface area contributed by atoms with Crippen LogP contribution in [0.3, 0.4) is 0 Å². The van der Waals surface area contributed by atoms with Crippen LogP contribution in [-0.4, -0.2) is 44.7 Å². The molecular weight excluding hydrogens is 294 g/mol. The Morgan fingerprint density at radius 3 is 2.61 bits per heavy atom. The highest BCUT2D eigenvalue weighted by Crippen LogP contribution is 2.21. The number of fused-ring (bicyclic) bond motifs is 1. The maximum Gasteiger partial charge on any atom is 0.329 e. The third-order valence-corrected chi connectivity index (χ3v) is 4.27. The molecule has 0 bridgehead atoms. The van der Waals surface area contributed by atoms with E-state index in [2.05, 4.69) is 0 Å². The van der Waals surface area contributed by atoms with E-state index in [4.69, 9.17) is 4.74 Å². The summed E-state index contributed by atoms with van der Waals surface area (Å²) < 4.78 is 8.96. The lowest BCUT2D eigenvalue weighted by Crippen LogP contribution is -2.54. The molecule has 1 aliphatic heterocycles. The fourth-order valence-electron chi connectivity index (χ4n) is 3.39. The number of rotatable bonds is 2. The highest BCUT2D eigenvalue weighted by atomic mass is 16.5. The molecule has 1 fully saturated rings. The number of aromatic nitrogens is 2. The molecule has 124 valence electrons. The Labute approximate surface area is 135 Å². The minimum Gasteiger partial charge on any atom is -0.369 e. The van der Waals surface area contributed by atoms with Gasteiger partial charge in [-0.15, -0.1) is 0 Å². The monoisotopic (exact) mass is 317 g/mol. The van der Waals surface area contributed by atoms with Crippen LogP contribution in [0.15, 0.2) is 29.1 Å². The van der Waals surface area contributed by atoms with Gasteiger partial charge in [-0.05, 0) is 32.9 Å². The second kappa shape index (κ2) is 5.53. The highest BCUT2D eigenvalue weighted by molar-refractivity contribution is 5.81. The zero-order chi connectivity index (χ0) is 16.8. The Kier molecular flexibility index (Phi) is 3.80. The molecule has 1 aromatic carbocycles. The van der Waals surface area contributed by atoms with Gasteiger partial charge in [0, 0.05) is 20.1 Å². The summed E-state index contributed by atoms with van der Waals surface area (Å²) in [6.45, 7) is 7.08. The fourth-order valence-corrected chi connectivity index (χ4v) is 3.39. The quantitative estimate of drug-likeness (QED) is 0.840. The summed E-state index contributed by atoms with van der Waals surface area (Å²) in [5, 5.41) is 0. The smallest absolute Gasteiger partial charge is 0.329 e. The molecule has 1 unspecified atom stereocenters. The molecule has 23 heavy (non-hydrogen) atoms. The van der Waals surface area contributed by atoms with Gasteiger partial charge in [-0.3, -0.25) is 13.9 Å². The summed E-state index contributed by atoms with van der Waals surface area (Å²) in [6, 6.07) is 7.52. The molecule has 0 radical (unpaired) electrons. The number of amides is 1. The van der Waals surface area contributed by atoms with E-state index in [1.54, 1.807) is 21.1 Å². The predicted molar refractivity (Wildman–Crippen MR) is 88.4 cm³/mol. The van der Waals surface area contributed by atoms with Crippen molar-refractivity contribution in [2.75, 3.05) is 13.1 Å². The molecule has 1 saturated heterocycles. The van der Waals surface area contributed by atoms with E-state index in [1.807, 2.05) is 45.0 Å². The van der Waals surface area contributed by atoms with E-state index in [0.717, 1.165) is 11.0 Å². The van der Waals surface area contributed by atoms with Gasteiger partial charge < -0.3 is 9.64 Å². The number of aryl methyl sites for hydroxylation is 1. The number of nitrogens with zero attached hydrogens (tertiary/aromatic N) is 3. The lowest BCUT2D eigenvalue weighted by Gasteiger charge is -2.41. The molecule has 0 aliphatic carbocycles.